The van der Waals surface area contributed by atoms with E-state index >= 15 is 0 Å². The van der Waals surface area contributed by atoms with Crippen LogP contribution in [0.15, 0.2) is 42.5 Å². The molecule has 0 saturated carbocycles. The molecule has 0 aromatic heterocycles. The molecule has 2 rings (SSSR count). The molecule has 1 unspecified atom stereocenters. The molecular weight excluding hydrogens is 346 g/mol. The van der Waals surface area contributed by atoms with E-state index in [0.717, 1.165) is 5.56 Å². The average Bonchev–Trinajstić information content (AvgIpc) is 2.67. The molecular formula is C21H25NO5. The van der Waals surface area contributed by atoms with Gasteiger partial charge in [-0.3, -0.25) is 4.79 Å². The highest BCUT2D eigenvalue weighted by atomic mass is 16.5. The van der Waals surface area contributed by atoms with Crippen LogP contribution in [0.2, 0.25) is 0 Å². The van der Waals surface area contributed by atoms with Gasteiger partial charge in [0.05, 0.1) is 32.8 Å². The Hall–Kier alpha value is -3.02. The van der Waals surface area contributed by atoms with Gasteiger partial charge in [0.1, 0.15) is 0 Å². The first kappa shape index (κ1) is 20.3. The lowest BCUT2D eigenvalue weighted by Crippen LogP contribution is -2.25. The van der Waals surface area contributed by atoms with Gasteiger partial charge in [-0.2, -0.15) is 0 Å². The third-order valence-electron chi connectivity index (χ3n) is 4.27. The molecule has 0 saturated heterocycles. The summed E-state index contributed by atoms with van der Waals surface area (Å²) in [5.41, 5.74) is 1.74. The lowest BCUT2D eigenvalue weighted by Gasteiger charge is -2.22. The Morgan fingerprint density at radius 1 is 0.926 bits per heavy atom. The molecule has 0 heterocycles. The Bertz CT molecular complexity index is 816. The van der Waals surface area contributed by atoms with Crippen molar-refractivity contribution in [3.63, 3.8) is 0 Å². The highest BCUT2D eigenvalue weighted by molar-refractivity contribution is 5.97. The summed E-state index contributed by atoms with van der Waals surface area (Å²) in [6.07, 6.45) is 0. The number of esters is 1. The average molecular weight is 371 g/mol. The number of nitrogens with one attached hydrogen (secondary N) is 1. The molecule has 6 heteroatoms. The smallest absolute Gasteiger partial charge is 0.337 e. The Labute approximate surface area is 159 Å². The summed E-state index contributed by atoms with van der Waals surface area (Å²) >= 11 is 0. The van der Waals surface area contributed by atoms with Crippen LogP contribution in [0.4, 0.5) is 5.69 Å². The zero-order chi connectivity index (χ0) is 20.0. The molecule has 1 atom stereocenters. The summed E-state index contributed by atoms with van der Waals surface area (Å²) < 4.78 is 15.3. The lowest BCUT2D eigenvalue weighted by molar-refractivity contribution is -0.118. The first-order chi connectivity index (χ1) is 12.9. The van der Waals surface area contributed by atoms with Crippen molar-refractivity contribution in [3.05, 3.63) is 53.6 Å². The maximum atomic E-state index is 13.0. The number of amides is 1. The summed E-state index contributed by atoms with van der Waals surface area (Å²) in [7, 11) is 4.45. The molecule has 27 heavy (non-hydrogen) atoms. The van der Waals surface area contributed by atoms with Crippen LogP contribution in [-0.4, -0.2) is 33.2 Å². The zero-order valence-corrected chi connectivity index (χ0v) is 16.2. The fourth-order valence-corrected chi connectivity index (χ4v) is 2.95. The van der Waals surface area contributed by atoms with Gasteiger partial charge in [-0.1, -0.05) is 26.0 Å². The number of ether oxygens (including phenoxy) is 3. The molecule has 2 aromatic carbocycles. The predicted molar refractivity (Wildman–Crippen MR) is 104 cm³/mol. The van der Waals surface area contributed by atoms with Crippen LogP contribution in [0.25, 0.3) is 0 Å². The van der Waals surface area contributed by atoms with Crippen LogP contribution in [0.5, 0.6) is 11.5 Å². The number of anilines is 1. The van der Waals surface area contributed by atoms with Crippen LogP contribution in [0.1, 0.15) is 35.7 Å². The van der Waals surface area contributed by atoms with Gasteiger partial charge in [-0.05, 0) is 41.8 Å². The molecule has 0 bridgehead atoms. The summed E-state index contributed by atoms with van der Waals surface area (Å²) in [5.74, 6) is 0.209. The summed E-state index contributed by atoms with van der Waals surface area (Å²) in [4.78, 5) is 24.6. The Balaban J connectivity index is 2.29. The highest BCUT2D eigenvalue weighted by Gasteiger charge is 2.25. The predicted octanol–water partition coefficient (Wildman–Crippen LogP) is 3.87. The molecule has 1 N–H and O–H groups in total. The second kappa shape index (κ2) is 9.07. The number of benzene rings is 2. The molecule has 1 amide bonds. The van der Waals surface area contributed by atoms with E-state index in [1.165, 1.54) is 7.11 Å². The number of methoxy groups -OCH3 is 3. The van der Waals surface area contributed by atoms with E-state index < -0.39 is 11.9 Å². The SMILES string of the molecule is COC(=O)c1cccc(NC(=O)C(c2ccc(OC)c(OC)c2)C(C)C)c1. The monoisotopic (exact) mass is 371 g/mol. The van der Waals surface area contributed by atoms with Gasteiger partial charge < -0.3 is 19.5 Å². The number of hydrogen-bond donors (Lipinski definition) is 1. The van der Waals surface area contributed by atoms with Crippen molar-refractivity contribution in [3.8, 4) is 11.5 Å². The van der Waals surface area contributed by atoms with Crippen molar-refractivity contribution < 1.29 is 23.8 Å². The van der Waals surface area contributed by atoms with Crippen LogP contribution >= 0.6 is 0 Å². The minimum absolute atomic E-state index is 0.0480. The van der Waals surface area contributed by atoms with E-state index in [1.54, 1.807) is 44.6 Å². The van der Waals surface area contributed by atoms with Gasteiger partial charge in [0.15, 0.2) is 11.5 Å². The molecule has 0 fully saturated rings. The van der Waals surface area contributed by atoms with Gasteiger partial charge >= 0.3 is 5.97 Å². The van der Waals surface area contributed by atoms with Gasteiger partial charge in [0.25, 0.3) is 0 Å². The Morgan fingerprint density at radius 2 is 1.63 bits per heavy atom. The number of hydrogen-bond acceptors (Lipinski definition) is 5. The molecule has 0 aliphatic heterocycles. The molecule has 144 valence electrons. The van der Waals surface area contributed by atoms with Gasteiger partial charge in [-0.15, -0.1) is 0 Å². The van der Waals surface area contributed by atoms with E-state index in [1.807, 2.05) is 26.0 Å². The van der Waals surface area contributed by atoms with E-state index in [9.17, 15) is 9.59 Å². The fraction of sp³-hybridized carbons (Fsp3) is 0.333. The number of rotatable bonds is 7. The molecule has 0 aliphatic carbocycles. The van der Waals surface area contributed by atoms with E-state index in [-0.39, 0.29) is 11.8 Å². The third-order valence-corrected chi connectivity index (χ3v) is 4.27. The van der Waals surface area contributed by atoms with Crippen molar-refractivity contribution in [2.24, 2.45) is 5.92 Å². The van der Waals surface area contributed by atoms with E-state index in [4.69, 9.17) is 14.2 Å². The topological polar surface area (TPSA) is 73.9 Å². The quantitative estimate of drug-likeness (QED) is 0.748. The Morgan fingerprint density at radius 3 is 2.22 bits per heavy atom. The minimum atomic E-state index is -0.452. The molecule has 0 radical (unpaired) electrons. The first-order valence-corrected chi connectivity index (χ1v) is 8.62. The van der Waals surface area contributed by atoms with Crippen molar-refractivity contribution in [1.82, 2.24) is 0 Å². The van der Waals surface area contributed by atoms with Crippen LogP contribution in [-0.2, 0) is 9.53 Å². The van der Waals surface area contributed by atoms with Crippen LogP contribution < -0.4 is 14.8 Å². The van der Waals surface area contributed by atoms with E-state index in [2.05, 4.69) is 5.32 Å². The molecule has 2 aromatic rings. The van der Waals surface area contributed by atoms with Gasteiger partial charge in [0.2, 0.25) is 5.91 Å². The first-order valence-electron chi connectivity index (χ1n) is 8.62. The maximum absolute atomic E-state index is 13.0. The minimum Gasteiger partial charge on any atom is -0.493 e. The summed E-state index contributed by atoms with van der Waals surface area (Å²) in [6, 6.07) is 12.1. The number of carbonyl (C=O) groups is 2. The summed E-state index contributed by atoms with van der Waals surface area (Å²) in [6.45, 7) is 3.96. The Kier molecular flexibility index (Phi) is 6.82. The van der Waals surface area contributed by atoms with Gasteiger partial charge in [0, 0.05) is 5.69 Å². The maximum Gasteiger partial charge on any atom is 0.337 e. The molecule has 0 aliphatic rings. The highest BCUT2D eigenvalue weighted by Crippen LogP contribution is 2.34. The van der Waals surface area contributed by atoms with E-state index in [0.29, 0.717) is 22.7 Å². The largest absolute Gasteiger partial charge is 0.493 e. The van der Waals surface area contributed by atoms with Crippen molar-refractivity contribution in [2.75, 3.05) is 26.6 Å². The standard InChI is InChI=1S/C21H25NO5/c1-13(2)19(14-9-10-17(25-3)18(12-14)26-4)20(23)22-16-8-6-7-15(11-16)21(24)27-5/h6-13,19H,1-5H3,(H,22,23). The zero-order valence-electron chi connectivity index (χ0n) is 16.2. The summed E-state index contributed by atoms with van der Waals surface area (Å²) in [5, 5.41) is 2.89. The van der Waals surface area contributed by atoms with Crippen molar-refractivity contribution >= 4 is 17.6 Å². The second-order valence-corrected chi connectivity index (χ2v) is 6.40. The number of carbonyl (C=O) groups excluding carboxylic acids is 2. The fourth-order valence-electron chi connectivity index (χ4n) is 2.95. The lowest BCUT2D eigenvalue weighted by atomic mass is 9.87. The normalized spacial score (nSPS) is 11.6. The van der Waals surface area contributed by atoms with Crippen molar-refractivity contribution in [1.29, 1.82) is 0 Å². The molecule has 6 nitrogen and oxygen atoms in total. The van der Waals surface area contributed by atoms with Crippen LogP contribution in [0.3, 0.4) is 0 Å². The third kappa shape index (κ3) is 4.78. The van der Waals surface area contributed by atoms with Crippen LogP contribution in [0, 0.1) is 5.92 Å². The van der Waals surface area contributed by atoms with Gasteiger partial charge in [-0.25, -0.2) is 4.79 Å². The van der Waals surface area contributed by atoms with Crippen molar-refractivity contribution in [2.45, 2.75) is 19.8 Å². The second-order valence-electron chi connectivity index (χ2n) is 6.40. The molecule has 0 spiro atoms.